The highest BCUT2D eigenvalue weighted by Gasteiger charge is 2.28. The molecule has 0 spiro atoms. The van der Waals surface area contributed by atoms with E-state index in [2.05, 4.69) is 0 Å². The lowest BCUT2D eigenvalue weighted by Crippen LogP contribution is -2.09. The van der Waals surface area contributed by atoms with Crippen LogP contribution in [0.5, 0.6) is 34.5 Å². The number of phenols is 5. The lowest BCUT2D eigenvalue weighted by molar-refractivity contribution is 0.0729. The molecule has 0 amide bonds. The highest BCUT2D eigenvalue weighted by atomic mass is 16.5. The Morgan fingerprint density at radius 3 is 1.80 bits per heavy atom. The maximum absolute atomic E-state index is 12.9. The molecule has 0 atom stereocenters. The number of aromatic hydroxyl groups is 5. The van der Waals surface area contributed by atoms with Crippen molar-refractivity contribution in [1.82, 2.24) is 0 Å². The zero-order valence-corrected chi connectivity index (χ0v) is 25.3. The maximum atomic E-state index is 12.9. The molecule has 0 radical (unpaired) electrons. The van der Waals surface area contributed by atoms with Crippen molar-refractivity contribution in [3.8, 4) is 45.6 Å². The Morgan fingerprint density at radius 1 is 0.682 bits per heavy atom. The van der Waals surface area contributed by atoms with Crippen molar-refractivity contribution in [2.75, 3.05) is 0 Å². The van der Waals surface area contributed by atoms with Crippen LogP contribution >= 0.6 is 0 Å². The van der Waals surface area contributed by atoms with Gasteiger partial charge in [-0.3, -0.25) is 4.79 Å². The van der Waals surface area contributed by atoms with E-state index in [-0.39, 0.29) is 67.9 Å². The molecule has 0 aliphatic carbocycles. The SMILES string of the molecule is Cc1cc2c(C(C)C)c(O)c(OC(=O)c3ccccc3)cc2c(O)c1-c1c(C)cc2c(C(C)C)c(O)c(O)c(C=O)c2c1O. The van der Waals surface area contributed by atoms with Gasteiger partial charge < -0.3 is 30.3 Å². The summed E-state index contributed by atoms with van der Waals surface area (Å²) in [6.07, 6.45) is 0.373. The number of ether oxygens (including phenoxy) is 1. The molecule has 5 N–H and O–H groups in total. The average molecular weight is 595 g/mol. The van der Waals surface area contributed by atoms with Crippen LogP contribution in [0.2, 0.25) is 0 Å². The lowest BCUT2D eigenvalue weighted by atomic mass is 9.84. The minimum Gasteiger partial charge on any atom is -0.507 e. The third kappa shape index (κ3) is 4.63. The first-order valence-electron chi connectivity index (χ1n) is 14.3. The Balaban J connectivity index is 1.84. The molecule has 0 heterocycles. The Morgan fingerprint density at radius 2 is 1.23 bits per heavy atom. The van der Waals surface area contributed by atoms with Gasteiger partial charge in [-0.1, -0.05) is 58.0 Å². The normalized spacial score (nSPS) is 11.5. The van der Waals surface area contributed by atoms with Gasteiger partial charge in [-0.15, -0.1) is 0 Å². The van der Waals surface area contributed by atoms with Gasteiger partial charge >= 0.3 is 5.97 Å². The molecule has 0 saturated heterocycles. The number of esters is 1. The largest absolute Gasteiger partial charge is 0.507 e. The summed E-state index contributed by atoms with van der Waals surface area (Å²) < 4.78 is 5.62. The molecular formula is C36H34O8. The van der Waals surface area contributed by atoms with Gasteiger partial charge in [-0.2, -0.15) is 0 Å². The molecule has 5 aromatic rings. The number of carbonyl (C=O) groups excluding carboxylic acids is 2. The third-order valence-corrected chi connectivity index (χ3v) is 8.12. The second kappa shape index (κ2) is 11.1. The second-order valence-corrected chi connectivity index (χ2v) is 11.7. The van der Waals surface area contributed by atoms with E-state index in [1.807, 2.05) is 27.7 Å². The minimum absolute atomic E-state index is 0.0459. The van der Waals surface area contributed by atoms with Crippen LogP contribution in [-0.2, 0) is 0 Å². The van der Waals surface area contributed by atoms with Crippen molar-refractivity contribution in [3.05, 3.63) is 81.9 Å². The van der Waals surface area contributed by atoms with Gasteiger partial charge in [0.25, 0.3) is 0 Å². The van der Waals surface area contributed by atoms with Gasteiger partial charge in [0.2, 0.25) is 0 Å². The molecule has 8 nitrogen and oxygen atoms in total. The minimum atomic E-state index is -0.685. The number of aldehydes is 1. The monoisotopic (exact) mass is 594 g/mol. The van der Waals surface area contributed by atoms with Crippen molar-refractivity contribution >= 4 is 33.8 Å². The van der Waals surface area contributed by atoms with Crippen LogP contribution in [0.1, 0.15) is 82.5 Å². The fourth-order valence-corrected chi connectivity index (χ4v) is 6.16. The van der Waals surface area contributed by atoms with Gasteiger partial charge in [0.05, 0.1) is 11.1 Å². The average Bonchev–Trinajstić information content (AvgIpc) is 2.96. The molecule has 0 aliphatic rings. The summed E-state index contributed by atoms with van der Waals surface area (Å²) in [5.41, 5.74) is 2.41. The van der Waals surface area contributed by atoms with Crippen LogP contribution in [-0.4, -0.2) is 37.8 Å². The van der Waals surface area contributed by atoms with Crippen molar-refractivity contribution < 1.29 is 39.9 Å². The van der Waals surface area contributed by atoms with Gasteiger partial charge in [-0.25, -0.2) is 4.79 Å². The third-order valence-electron chi connectivity index (χ3n) is 8.12. The molecule has 0 bridgehead atoms. The quantitative estimate of drug-likeness (QED) is 0.0574. The zero-order valence-electron chi connectivity index (χ0n) is 25.3. The number of fused-ring (bicyclic) bond motifs is 2. The Kier molecular flexibility index (Phi) is 7.63. The van der Waals surface area contributed by atoms with Crippen molar-refractivity contribution in [2.24, 2.45) is 0 Å². The number of benzene rings is 5. The van der Waals surface area contributed by atoms with Crippen LogP contribution in [0.4, 0.5) is 0 Å². The topological polar surface area (TPSA) is 145 Å². The lowest BCUT2D eigenvalue weighted by Gasteiger charge is -2.23. The van der Waals surface area contributed by atoms with Crippen LogP contribution in [0.3, 0.4) is 0 Å². The van der Waals surface area contributed by atoms with E-state index in [9.17, 15) is 35.1 Å². The molecule has 0 aromatic heterocycles. The number of carbonyl (C=O) groups is 2. The molecule has 0 aliphatic heterocycles. The van der Waals surface area contributed by atoms with E-state index in [1.54, 1.807) is 56.3 Å². The molecule has 0 fully saturated rings. The first-order valence-corrected chi connectivity index (χ1v) is 14.3. The molecule has 0 unspecified atom stereocenters. The molecule has 0 saturated carbocycles. The van der Waals surface area contributed by atoms with Crippen LogP contribution < -0.4 is 4.74 Å². The predicted molar refractivity (Wildman–Crippen MR) is 170 cm³/mol. The second-order valence-electron chi connectivity index (χ2n) is 11.7. The van der Waals surface area contributed by atoms with Gasteiger partial charge in [-0.05, 0) is 65.8 Å². The van der Waals surface area contributed by atoms with E-state index in [0.29, 0.717) is 39.3 Å². The van der Waals surface area contributed by atoms with Crippen molar-refractivity contribution in [2.45, 2.75) is 53.4 Å². The summed E-state index contributed by atoms with van der Waals surface area (Å²) in [5, 5.41) is 57.5. The highest BCUT2D eigenvalue weighted by molar-refractivity contribution is 6.12. The molecule has 44 heavy (non-hydrogen) atoms. The van der Waals surface area contributed by atoms with Crippen LogP contribution in [0.25, 0.3) is 32.7 Å². The van der Waals surface area contributed by atoms with Crippen molar-refractivity contribution in [1.29, 1.82) is 0 Å². The molecule has 5 aromatic carbocycles. The number of phenolic OH excluding ortho intramolecular Hbond substituents is 5. The molecular weight excluding hydrogens is 560 g/mol. The summed E-state index contributed by atoms with van der Waals surface area (Å²) >= 11 is 0. The highest BCUT2D eigenvalue weighted by Crippen LogP contribution is 2.53. The summed E-state index contributed by atoms with van der Waals surface area (Å²) in [5.74, 6) is -3.18. The number of rotatable bonds is 6. The van der Waals surface area contributed by atoms with E-state index >= 15 is 0 Å². The molecule has 226 valence electrons. The number of aryl methyl sites for hydroxylation is 2. The summed E-state index contributed by atoms with van der Waals surface area (Å²) in [7, 11) is 0. The van der Waals surface area contributed by atoms with E-state index < -0.39 is 17.5 Å². The van der Waals surface area contributed by atoms with E-state index in [4.69, 9.17) is 4.74 Å². The van der Waals surface area contributed by atoms with Gasteiger partial charge in [0.15, 0.2) is 29.3 Å². The Labute approximate surface area is 254 Å². The summed E-state index contributed by atoms with van der Waals surface area (Å²) in [6.45, 7) is 10.8. The summed E-state index contributed by atoms with van der Waals surface area (Å²) in [4.78, 5) is 25.0. The van der Waals surface area contributed by atoms with Gasteiger partial charge in [0.1, 0.15) is 11.5 Å². The van der Waals surface area contributed by atoms with E-state index in [0.717, 1.165) is 0 Å². The standard InChI is InChI=1S/C36H34O8/c1-16(2)26-21-12-18(5)28(31(38)22(21)14-25(33(26)40)44-36(43)20-10-8-7-9-11-20)29-19(6)13-23-27(17(3)4)35(42)32(39)24(15-37)30(23)34(29)41/h7-17,38-42H,1-6H3. The maximum Gasteiger partial charge on any atom is 0.343 e. The fraction of sp³-hybridized carbons (Fsp3) is 0.222. The first kappa shape index (κ1) is 30.2. The Hall–Kier alpha value is -5.24. The zero-order chi connectivity index (χ0) is 32.2. The number of hydrogen-bond acceptors (Lipinski definition) is 8. The smallest absolute Gasteiger partial charge is 0.343 e. The first-order chi connectivity index (χ1) is 20.8. The summed E-state index contributed by atoms with van der Waals surface area (Å²) in [6, 6.07) is 13.2. The predicted octanol–water partition coefficient (Wildman–Crippen LogP) is 8.08. The van der Waals surface area contributed by atoms with Crippen LogP contribution in [0, 0.1) is 13.8 Å². The molecule has 8 heteroatoms. The van der Waals surface area contributed by atoms with Crippen molar-refractivity contribution in [3.63, 3.8) is 0 Å². The fourth-order valence-electron chi connectivity index (χ4n) is 6.16. The molecule has 5 rings (SSSR count). The number of hydrogen-bond donors (Lipinski definition) is 5. The Bertz CT molecular complexity index is 1990. The van der Waals surface area contributed by atoms with E-state index in [1.165, 1.54) is 6.07 Å². The van der Waals surface area contributed by atoms with Gasteiger partial charge in [0, 0.05) is 33.0 Å². The van der Waals surface area contributed by atoms with Crippen LogP contribution in [0.15, 0.2) is 48.5 Å².